The van der Waals surface area contributed by atoms with Crippen molar-refractivity contribution >= 4 is 17.7 Å². The highest BCUT2D eigenvalue weighted by atomic mass is 32.2. The molecule has 0 aliphatic rings. The van der Waals surface area contributed by atoms with E-state index >= 15 is 0 Å². The van der Waals surface area contributed by atoms with E-state index in [2.05, 4.69) is 0 Å². The molecule has 0 bridgehead atoms. The van der Waals surface area contributed by atoms with Gasteiger partial charge in [-0.2, -0.15) is 5.26 Å². The predicted octanol–water partition coefficient (Wildman–Crippen LogP) is 2.79. The fourth-order valence-corrected chi connectivity index (χ4v) is 2.34. The van der Waals surface area contributed by atoms with Gasteiger partial charge in [-0.15, -0.1) is 11.8 Å². The number of hydrogen-bond acceptors (Lipinski definition) is 3. The van der Waals surface area contributed by atoms with Gasteiger partial charge in [-0.1, -0.05) is 6.92 Å². The molecule has 1 aromatic rings. The van der Waals surface area contributed by atoms with E-state index in [1.807, 2.05) is 6.07 Å². The Morgan fingerprint density at radius 1 is 1.65 bits per heavy atom. The van der Waals surface area contributed by atoms with Crippen LogP contribution in [0.4, 0.5) is 4.39 Å². The van der Waals surface area contributed by atoms with Gasteiger partial charge in [0.1, 0.15) is 11.1 Å². The molecular formula is C12H12FNO2S. The molecule has 1 aromatic carbocycles. The van der Waals surface area contributed by atoms with Crippen LogP contribution in [0.2, 0.25) is 0 Å². The highest BCUT2D eigenvalue weighted by Crippen LogP contribution is 2.23. The molecule has 0 spiro atoms. The summed E-state index contributed by atoms with van der Waals surface area (Å²) in [6.45, 7) is 1.78. The molecule has 3 nitrogen and oxygen atoms in total. The van der Waals surface area contributed by atoms with E-state index in [0.717, 1.165) is 0 Å². The number of carbonyl (C=O) groups is 1. The van der Waals surface area contributed by atoms with Gasteiger partial charge in [-0.25, -0.2) is 4.39 Å². The first-order valence-corrected chi connectivity index (χ1v) is 6.16. The van der Waals surface area contributed by atoms with E-state index in [1.165, 1.54) is 30.0 Å². The first kappa shape index (κ1) is 13.5. The molecule has 0 aliphatic heterocycles. The third-order valence-electron chi connectivity index (χ3n) is 2.27. The van der Waals surface area contributed by atoms with Gasteiger partial charge in [0.2, 0.25) is 0 Å². The Labute approximate surface area is 103 Å². The summed E-state index contributed by atoms with van der Waals surface area (Å²) in [5.74, 6) is -0.971. The van der Waals surface area contributed by atoms with Crippen LogP contribution in [0.5, 0.6) is 0 Å². The van der Waals surface area contributed by atoms with Gasteiger partial charge < -0.3 is 5.11 Å². The van der Waals surface area contributed by atoms with Crippen molar-refractivity contribution < 1.29 is 14.3 Å². The maximum Gasteiger partial charge on any atom is 0.316 e. The zero-order chi connectivity index (χ0) is 12.8. The normalized spacial score (nSPS) is 11.8. The molecule has 1 rings (SSSR count). The number of carboxylic acids is 1. The Morgan fingerprint density at radius 2 is 2.35 bits per heavy atom. The zero-order valence-corrected chi connectivity index (χ0v) is 10.1. The Kier molecular flexibility index (Phi) is 4.98. The SMILES string of the molecule is CCC(SCc1cc(F)ccc1C#N)C(=O)O. The second-order valence-corrected chi connectivity index (χ2v) is 4.65. The summed E-state index contributed by atoms with van der Waals surface area (Å²) in [6, 6.07) is 5.88. The highest BCUT2D eigenvalue weighted by Gasteiger charge is 2.16. The predicted molar refractivity (Wildman–Crippen MR) is 64.1 cm³/mol. The van der Waals surface area contributed by atoms with Crippen LogP contribution < -0.4 is 0 Å². The number of halogens is 1. The molecule has 0 saturated heterocycles. The topological polar surface area (TPSA) is 61.1 Å². The number of rotatable bonds is 5. The molecule has 0 heterocycles. The van der Waals surface area contributed by atoms with Crippen LogP contribution in [0.25, 0.3) is 0 Å². The van der Waals surface area contributed by atoms with Crippen LogP contribution in [-0.2, 0) is 10.5 Å². The zero-order valence-electron chi connectivity index (χ0n) is 9.31. The summed E-state index contributed by atoms with van der Waals surface area (Å²) in [7, 11) is 0. The molecule has 0 aliphatic carbocycles. The summed E-state index contributed by atoms with van der Waals surface area (Å²) in [5, 5.41) is 17.2. The highest BCUT2D eigenvalue weighted by molar-refractivity contribution is 7.99. The van der Waals surface area contributed by atoms with Crippen molar-refractivity contribution in [2.45, 2.75) is 24.3 Å². The number of benzene rings is 1. The first-order chi connectivity index (χ1) is 8.08. The monoisotopic (exact) mass is 253 g/mol. The lowest BCUT2D eigenvalue weighted by molar-refractivity contribution is -0.136. The van der Waals surface area contributed by atoms with Gasteiger partial charge in [0.05, 0.1) is 11.6 Å². The quantitative estimate of drug-likeness (QED) is 0.876. The van der Waals surface area contributed by atoms with E-state index in [9.17, 15) is 9.18 Å². The lowest BCUT2D eigenvalue weighted by Gasteiger charge is -2.10. The van der Waals surface area contributed by atoms with Crippen molar-refractivity contribution in [3.05, 3.63) is 35.1 Å². The van der Waals surface area contributed by atoms with Crippen LogP contribution in [0.15, 0.2) is 18.2 Å². The number of hydrogen-bond donors (Lipinski definition) is 1. The fraction of sp³-hybridized carbons (Fsp3) is 0.333. The third-order valence-corrected chi connectivity index (χ3v) is 3.69. The smallest absolute Gasteiger partial charge is 0.316 e. The number of aliphatic carboxylic acids is 1. The first-order valence-electron chi connectivity index (χ1n) is 5.11. The Hall–Kier alpha value is -1.54. The molecule has 0 amide bonds. The molecule has 0 radical (unpaired) electrons. The van der Waals surface area contributed by atoms with E-state index < -0.39 is 17.0 Å². The van der Waals surface area contributed by atoms with Gasteiger partial charge in [-0.05, 0) is 30.2 Å². The fourth-order valence-electron chi connectivity index (χ4n) is 1.34. The van der Waals surface area contributed by atoms with E-state index in [4.69, 9.17) is 10.4 Å². The van der Waals surface area contributed by atoms with Crippen molar-refractivity contribution in [3.63, 3.8) is 0 Å². The van der Waals surface area contributed by atoms with Crippen molar-refractivity contribution in [2.24, 2.45) is 0 Å². The maximum atomic E-state index is 13.0. The largest absolute Gasteiger partial charge is 0.480 e. The second kappa shape index (κ2) is 6.26. The van der Waals surface area contributed by atoms with Crippen molar-refractivity contribution in [2.75, 3.05) is 0 Å². The minimum absolute atomic E-state index is 0.325. The molecule has 0 saturated carbocycles. The Bertz CT molecular complexity index is 456. The van der Waals surface area contributed by atoms with Gasteiger partial charge in [0.25, 0.3) is 0 Å². The van der Waals surface area contributed by atoms with Crippen LogP contribution in [0.3, 0.4) is 0 Å². The van der Waals surface area contributed by atoms with Crippen LogP contribution in [0, 0.1) is 17.1 Å². The molecule has 1 N–H and O–H groups in total. The van der Waals surface area contributed by atoms with Gasteiger partial charge in [-0.3, -0.25) is 4.79 Å². The van der Waals surface area contributed by atoms with Gasteiger partial charge >= 0.3 is 5.97 Å². The molecule has 90 valence electrons. The molecule has 0 fully saturated rings. The van der Waals surface area contributed by atoms with Crippen molar-refractivity contribution in [1.29, 1.82) is 5.26 Å². The summed E-state index contributed by atoms with van der Waals surface area (Å²) >= 11 is 1.20. The Morgan fingerprint density at radius 3 is 2.88 bits per heavy atom. The van der Waals surface area contributed by atoms with Gasteiger partial charge in [0.15, 0.2) is 0 Å². The summed E-state index contributed by atoms with van der Waals surface area (Å²) in [4.78, 5) is 10.8. The summed E-state index contributed by atoms with van der Waals surface area (Å²) in [5.41, 5.74) is 0.927. The third kappa shape index (κ3) is 3.75. The van der Waals surface area contributed by atoms with Crippen LogP contribution >= 0.6 is 11.8 Å². The van der Waals surface area contributed by atoms with Crippen LogP contribution in [0.1, 0.15) is 24.5 Å². The molecule has 1 unspecified atom stereocenters. The van der Waals surface area contributed by atoms with Gasteiger partial charge in [0, 0.05) is 5.75 Å². The summed E-state index contributed by atoms with van der Waals surface area (Å²) in [6.07, 6.45) is 0.497. The maximum absolute atomic E-state index is 13.0. The Balaban J connectivity index is 2.78. The van der Waals surface area contributed by atoms with Crippen molar-refractivity contribution in [3.8, 4) is 6.07 Å². The number of carboxylic acid groups (broad SMARTS) is 1. The average Bonchev–Trinajstić information content (AvgIpc) is 2.29. The molecular weight excluding hydrogens is 241 g/mol. The van der Waals surface area contributed by atoms with E-state index in [1.54, 1.807) is 6.92 Å². The lowest BCUT2D eigenvalue weighted by atomic mass is 10.1. The molecule has 5 heteroatoms. The van der Waals surface area contributed by atoms with Crippen LogP contribution in [-0.4, -0.2) is 16.3 Å². The number of nitrogens with zero attached hydrogens (tertiary/aromatic N) is 1. The minimum atomic E-state index is -0.882. The van der Waals surface area contributed by atoms with Crippen molar-refractivity contribution in [1.82, 2.24) is 0 Å². The average molecular weight is 253 g/mol. The molecule has 1 atom stereocenters. The molecule has 17 heavy (non-hydrogen) atoms. The molecule has 0 aromatic heterocycles. The minimum Gasteiger partial charge on any atom is -0.480 e. The van der Waals surface area contributed by atoms with E-state index in [-0.39, 0.29) is 0 Å². The van der Waals surface area contributed by atoms with E-state index in [0.29, 0.717) is 23.3 Å². The number of nitriles is 1. The standard InChI is InChI=1S/C12H12FNO2S/c1-2-11(12(15)16)17-7-9-5-10(13)4-3-8(9)6-14/h3-5,11H,2,7H2,1H3,(H,15,16). The second-order valence-electron chi connectivity index (χ2n) is 3.46. The summed E-state index contributed by atoms with van der Waals surface area (Å²) < 4.78 is 13.0. The lowest BCUT2D eigenvalue weighted by Crippen LogP contribution is -2.15. The number of thioether (sulfide) groups is 1.